The first-order valence-electron chi connectivity index (χ1n) is 1.88. The molecule has 0 unspecified atom stereocenters. The van der Waals surface area contributed by atoms with E-state index in [1.165, 1.54) is 6.92 Å². The Morgan fingerprint density at radius 1 is 1.62 bits per heavy atom. The molecule has 4 heteroatoms. The second-order valence-electron chi connectivity index (χ2n) is 1.19. The number of halogens is 1. The third-order valence-electron chi connectivity index (χ3n) is 0.495. The van der Waals surface area contributed by atoms with Crippen molar-refractivity contribution in [2.45, 2.75) is 6.92 Å². The van der Waals surface area contributed by atoms with E-state index in [0.717, 1.165) is 0 Å². The van der Waals surface area contributed by atoms with Crippen LogP contribution in [0.15, 0.2) is 0 Å². The molecule has 0 aliphatic rings. The quantitative estimate of drug-likeness (QED) is 0.449. The maximum absolute atomic E-state index is 10.1. The molecule has 8 heavy (non-hydrogen) atoms. The molecule has 0 aromatic heterocycles. The minimum atomic E-state index is -0.709. The summed E-state index contributed by atoms with van der Waals surface area (Å²) in [7, 11) is 0. The van der Waals surface area contributed by atoms with Gasteiger partial charge in [-0.15, -0.1) is 0 Å². The van der Waals surface area contributed by atoms with Gasteiger partial charge in [-0.05, 0) is 0 Å². The van der Waals surface area contributed by atoms with E-state index in [2.05, 4.69) is 6.92 Å². The van der Waals surface area contributed by atoms with E-state index >= 15 is 0 Å². The second kappa shape index (κ2) is 2.67. The van der Waals surface area contributed by atoms with E-state index in [-0.39, 0.29) is 0 Å². The highest BCUT2D eigenvalue weighted by atomic mass is 35.5. The van der Waals surface area contributed by atoms with Crippen molar-refractivity contribution in [1.82, 2.24) is 4.42 Å². The van der Waals surface area contributed by atoms with Gasteiger partial charge in [-0.25, -0.2) is 0 Å². The number of carbonyl (C=O) groups is 2. The minimum absolute atomic E-state index is 0.417. The Kier molecular flexibility index (Phi) is 2.48. The summed E-state index contributed by atoms with van der Waals surface area (Å²) >= 11 is 5.02. The molecule has 0 heterocycles. The number of hydrogen-bond donors (Lipinski definition) is 0. The van der Waals surface area contributed by atoms with E-state index in [0.29, 0.717) is 4.42 Å². The van der Waals surface area contributed by atoms with Gasteiger partial charge in [0.1, 0.15) is 0 Å². The Hall–Kier alpha value is -0.570. The Bertz CT molecular complexity index is 109. The predicted molar refractivity (Wildman–Crippen MR) is 28.7 cm³/mol. The zero-order valence-electron chi connectivity index (χ0n) is 4.35. The SMILES string of the molecule is [CH2]C(=O)N(Cl)C(C)=O. The van der Waals surface area contributed by atoms with Crippen molar-refractivity contribution in [3.05, 3.63) is 6.92 Å². The summed E-state index contributed by atoms with van der Waals surface area (Å²) in [6.45, 7) is 4.07. The first kappa shape index (κ1) is 7.43. The van der Waals surface area contributed by atoms with Crippen molar-refractivity contribution < 1.29 is 9.59 Å². The lowest BCUT2D eigenvalue weighted by Crippen LogP contribution is -2.22. The largest absolute Gasteiger partial charge is 0.273 e. The highest BCUT2D eigenvalue weighted by molar-refractivity contribution is 6.30. The highest BCUT2D eigenvalue weighted by Gasteiger charge is 2.08. The maximum Gasteiger partial charge on any atom is 0.244 e. The molecule has 0 N–H and O–H groups in total. The highest BCUT2D eigenvalue weighted by Crippen LogP contribution is 1.92. The van der Waals surface area contributed by atoms with Crippen LogP contribution in [0, 0.1) is 6.92 Å². The number of amides is 2. The van der Waals surface area contributed by atoms with Gasteiger partial charge >= 0.3 is 0 Å². The molecule has 0 aliphatic carbocycles. The summed E-state index contributed by atoms with van der Waals surface area (Å²) in [6, 6.07) is 0. The van der Waals surface area contributed by atoms with Crippen LogP contribution in [0.1, 0.15) is 6.92 Å². The lowest BCUT2D eigenvalue weighted by Gasteiger charge is -2.02. The van der Waals surface area contributed by atoms with Gasteiger partial charge in [-0.2, -0.15) is 4.42 Å². The van der Waals surface area contributed by atoms with Crippen LogP contribution >= 0.6 is 11.8 Å². The molecule has 0 spiro atoms. The van der Waals surface area contributed by atoms with Crippen molar-refractivity contribution in [3.8, 4) is 0 Å². The molecule has 0 saturated carbocycles. The van der Waals surface area contributed by atoms with E-state index < -0.39 is 11.8 Å². The molecular weight excluding hydrogens is 130 g/mol. The molecule has 0 rings (SSSR count). The Balaban J connectivity index is 3.83. The van der Waals surface area contributed by atoms with Crippen molar-refractivity contribution in [2.24, 2.45) is 0 Å². The van der Waals surface area contributed by atoms with Crippen LogP contribution in [-0.4, -0.2) is 16.2 Å². The summed E-state index contributed by atoms with van der Waals surface area (Å²) in [6.07, 6.45) is 0. The third kappa shape index (κ3) is 1.93. The Morgan fingerprint density at radius 2 is 2.00 bits per heavy atom. The number of rotatable bonds is 0. The van der Waals surface area contributed by atoms with Gasteiger partial charge in [-0.1, -0.05) is 0 Å². The van der Waals surface area contributed by atoms with Crippen molar-refractivity contribution in [2.75, 3.05) is 0 Å². The molecule has 0 saturated heterocycles. The number of carbonyl (C=O) groups excluding carboxylic acids is 2. The van der Waals surface area contributed by atoms with Crippen LogP contribution in [0.2, 0.25) is 0 Å². The molecule has 45 valence electrons. The van der Waals surface area contributed by atoms with Crippen LogP contribution in [-0.2, 0) is 9.59 Å². The number of imide groups is 1. The first-order chi connectivity index (χ1) is 3.55. The van der Waals surface area contributed by atoms with Gasteiger partial charge in [0.05, 0.1) is 0 Å². The van der Waals surface area contributed by atoms with Gasteiger partial charge in [0.25, 0.3) is 0 Å². The lowest BCUT2D eigenvalue weighted by atomic mass is 10.6. The fourth-order valence-electron chi connectivity index (χ4n) is 0.176. The summed E-state index contributed by atoms with van der Waals surface area (Å²) in [5.74, 6) is -1.23. The fourth-order valence-corrected chi connectivity index (χ4v) is 0.176. The molecule has 0 bridgehead atoms. The number of hydrogen-bond acceptors (Lipinski definition) is 2. The van der Waals surface area contributed by atoms with Crippen molar-refractivity contribution >= 4 is 23.6 Å². The summed E-state index contributed by atoms with van der Waals surface area (Å²) in [5, 5.41) is 0. The van der Waals surface area contributed by atoms with Gasteiger partial charge in [0.2, 0.25) is 11.8 Å². The minimum Gasteiger partial charge on any atom is -0.273 e. The monoisotopic (exact) mass is 134 g/mol. The van der Waals surface area contributed by atoms with Crippen molar-refractivity contribution in [1.29, 1.82) is 0 Å². The molecule has 2 amide bonds. The van der Waals surface area contributed by atoms with Gasteiger partial charge in [0.15, 0.2) is 0 Å². The van der Waals surface area contributed by atoms with E-state index in [4.69, 9.17) is 11.8 Å². The average Bonchev–Trinajstić information content (AvgIpc) is 1.64. The predicted octanol–water partition coefficient (Wildman–Crippen LogP) is 0.349. The van der Waals surface area contributed by atoms with Crippen LogP contribution in [0.3, 0.4) is 0 Å². The molecule has 0 fully saturated rings. The number of nitrogens with zero attached hydrogens (tertiary/aromatic N) is 1. The van der Waals surface area contributed by atoms with E-state index in [9.17, 15) is 9.59 Å². The molecule has 0 aromatic rings. The molecule has 0 aromatic carbocycles. The fraction of sp³-hybridized carbons (Fsp3) is 0.250. The second-order valence-corrected chi connectivity index (χ2v) is 1.53. The van der Waals surface area contributed by atoms with E-state index in [1.807, 2.05) is 0 Å². The first-order valence-corrected chi connectivity index (χ1v) is 2.22. The summed E-state index contributed by atoms with van der Waals surface area (Å²) < 4.78 is 0.417. The zero-order chi connectivity index (χ0) is 6.73. The molecule has 0 aliphatic heterocycles. The van der Waals surface area contributed by atoms with Gasteiger partial charge < -0.3 is 0 Å². The van der Waals surface area contributed by atoms with Crippen LogP contribution in [0.25, 0.3) is 0 Å². The summed E-state index contributed by atoms with van der Waals surface area (Å²) in [4.78, 5) is 20.2. The average molecular weight is 135 g/mol. The summed E-state index contributed by atoms with van der Waals surface area (Å²) in [5.41, 5.74) is 0. The van der Waals surface area contributed by atoms with Gasteiger partial charge in [-0.3, -0.25) is 9.59 Å². The van der Waals surface area contributed by atoms with Crippen LogP contribution in [0.4, 0.5) is 0 Å². The van der Waals surface area contributed by atoms with Crippen molar-refractivity contribution in [3.63, 3.8) is 0 Å². The standard InChI is InChI=1S/C4H5ClNO2/c1-3(7)6(5)4(2)8/h1H2,2H3. The van der Waals surface area contributed by atoms with Gasteiger partial charge in [0, 0.05) is 25.6 Å². The smallest absolute Gasteiger partial charge is 0.244 e. The normalized spacial score (nSPS) is 8.38. The Labute approximate surface area is 52.3 Å². The lowest BCUT2D eigenvalue weighted by molar-refractivity contribution is -0.134. The maximum atomic E-state index is 10.1. The van der Waals surface area contributed by atoms with E-state index in [1.54, 1.807) is 0 Å². The van der Waals surface area contributed by atoms with Crippen LogP contribution < -0.4 is 0 Å². The molecule has 3 nitrogen and oxygen atoms in total. The zero-order valence-corrected chi connectivity index (χ0v) is 5.10. The molecule has 1 radical (unpaired) electrons. The molecular formula is C4H5ClNO2. The molecule has 0 atom stereocenters. The third-order valence-corrected chi connectivity index (χ3v) is 0.922. The Morgan fingerprint density at radius 3 is 2.00 bits per heavy atom. The van der Waals surface area contributed by atoms with Crippen LogP contribution in [0.5, 0.6) is 0 Å². The topological polar surface area (TPSA) is 37.4 Å².